The van der Waals surface area contributed by atoms with Crippen LogP contribution in [0.2, 0.25) is 0 Å². The van der Waals surface area contributed by atoms with Crippen LogP contribution in [0.25, 0.3) is 0 Å². The molecule has 1 aliphatic heterocycles. The summed E-state index contributed by atoms with van der Waals surface area (Å²) in [5, 5.41) is 4.08. The smallest absolute Gasteiger partial charge is 0.145 e. The molecule has 0 saturated carbocycles. The Morgan fingerprint density at radius 2 is 2.33 bits per heavy atom. The molecule has 0 fully saturated rings. The molecule has 2 rings (SSSR count). The van der Waals surface area contributed by atoms with Crippen molar-refractivity contribution in [1.29, 1.82) is 0 Å². The van der Waals surface area contributed by atoms with E-state index < -0.39 is 0 Å². The third-order valence-corrected chi connectivity index (χ3v) is 3.19. The molecule has 2 heterocycles. The van der Waals surface area contributed by atoms with Gasteiger partial charge in [-0.2, -0.15) is 0 Å². The fourth-order valence-electron chi connectivity index (χ4n) is 2.08. The first-order valence-electron chi connectivity index (χ1n) is 6.58. The van der Waals surface area contributed by atoms with Crippen LogP contribution in [-0.4, -0.2) is 41.8 Å². The van der Waals surface area contributed by atoms with Crippen LogP contribution in [0.5, 0.6) is 0 Å². The molecule has 1 atom stereocenters. The molecular formula is C14H21N3O. The lowest BCUT2D eigenvalue weighted by Crippen LogP contribution is -2.31. The van der Waals surface area contributed by atoms with Crippen molar-refractivity contribution in [2.75, 3.05) is 20.1 Å². The number of hydrogen-bond acceptors (Lipinski definition) is 4. The number of hydrogen-bond donors (Lipinski definition) is 0. The number of likely N-dealkylation sites (N-methyl/N-ethyl adjacent to an activating group) is 1. The predicted octanol–water partition coefficient (Wildman–Crippen LogP) is 2.11. The van der Waals surface area contributed by atoms with E-state index in [-0.39, 0.29) is 6.10 Å². The summed E-state index contributed by atoms with van der Waals surface area (Å²) in [4.78, 5) is 12.0. The molecule has 0 saturated heterocycles. The van der Waals surface area contributed by atoms with Gasteiger partial charge in [-0.25, -0.2) is 0 Å². The Labute approximate surface area is 109 Å². The predicted molar refractivity (Wildman–Crippen MR) is 72.7 cm³/mol. The molecule has 4 heteroatoms. The van der Waals surface area contributed by atoms with Gasteiger partial charge in [-0.05, 0) is 25.6 Å². The van der Waals surface area contributed by atoms with E-state index in [1.54, 1.807) is 0 Å². The number of rotatable bonds is 6. The molecule has 1 aromatic heterocycles. The van der Waals surface area contributed by atoms with Crippen LogP contribution in [0, 0.1) is 0 Å². The summed E-state index contributed by atoms with van der Waals surface area (Å²) in [6, 6.07) is 6.05. The summed E-state index contributed by atoms with van der Waals surface area (Å²) in [7, 11) is 2.12. The highest BCUT2D eigenvalue weighted by atomic mass is 16.6. The second-order valence-electron chi connectivity index (χ2n) is 4.78. The molecule has 0 spiro atoms. The van der Waals surface area contributed by atoms with E-state index in [2.05, 4.69) is 35.1 Å². The molecule has 18 heavy (non-hydrogen) atoms. The lowest BCUT2D eigenvalue weighted by Gasteiger charge is -2.19. The van der Waals surface area contributed by atoms with Gasteiger partial charge in [0.1, 0.15) is 6.10 Å². The lowest BCUT2D eigenvalue weighted by atomic mass is 10.1. The number of nitrogens with zero attached hydrogens (tertiary/aromatic N) is 3. The van der Waals surface area contributed by atoms with E-state index in [9.17, 15) is 0 Å². The van der Waals surface area contributed by atoms with Gasteiger partial charge in [0, 0.05) is 37.8 Å². The Bertz CT molecular complexity index is 391. The van der Waals surface area contributed by atoms with E-state index in [0.717, 1.165) is 38.0 Å². The topological polar surface area (TPSA) is 37.7 Å². The monoisotopic (exact) mass is 247 g/mol. The normalized spacial score (nSPS) is 18.8. The van der Waals surface area contributed by atoms with Gasteiger partial charge in [0.05, 0.1) is 5.71 Å². The molecular weight excluding hydrogens is 226 g/mol. The summed E-state index contributed by atoms with van der Waals surface area (Å²) in [5.74, 6) is 0. The highest BCUT2D eigenvalue weighted by Gasteiger charge is 2.20. The van der Waals surface area contributed by atoms with Crippen molar-refractivity contribution in [3.63, 3.8) is 0 Å². The third kappa shape index (κ3) is 3.81. The number of oxime groups is 1. The van der Waals surface area contributed by atoms with Crippen molar-refractivity contribution in [2.45, 2.75) is 32.3 Å². The van der Waals surface area contributed by atoms with Crippen molar-refractivity contribution in [3.8, 4) is 0 Å². The van der Waals surface area contributed by atoms with E-state index in [0.29, 0.717) is 0 Å². The zero-order valence-electron chi connectivity index (χ0n) is 11.2. The van der Waals surface area contributed by atoms with Crippen LogP contribution in [0.15, 0.2) is 29.6 Å². The van der Waals surface area contributed by atoms with E-state index >= 15 is 0 Å². The molecule has 0 amide bonds. The third-order valence-electron chi connectivity index (χ3n) is 3.19. The zero-order valence-corrected chi connectivity index (χ0v) is 11.2. The second-order valence-corrected chi connectivity index (χ2v) is 4.78. The van der Waals surface area contributed by atoms with Gasteiger partial charge < -0.3 is 9.74 Å². The van der Waals surface area contributed by atoms with Gasteiger partial charge in [-0.3, -0.25) is 4.98 Å². The minimum atomic E-state index is 0.230. The first-order chi connectivity index (χ1) is 8.78. The van der Waals surface area contributed by atoms with Crippen molar-refractivity contribution >= 4 is 5.71 Å². The van der Waals surface area contributed by atoms with Crippen LogP contribution < -0.4 is 0 Å². The lowest BCUT2D eigenvalue weighted by molar-refractivity contribution is 0.0596. The van der Waals surface area contributed by atoms with Gasteiger partial charge in [-0.15, -0.1) is 0 Å². The molecule has 4 nitrogen and oxygen atoms in total. The fraction of sp³-hybridized carbons (Fsp3) is 0.571. The van der Waals surface area contributed by atoms with Crippen LogP contribution in [0.4, 0.5) is 0 Å². The van der Waals surface area contributed by atoms with Gasteiger partial charge in [-0.1, -0.05) is 18.1 Å². The molecule has 0 radical (unpaired) electrons. The summed E-state index contributed by atoms with van der Waals surface area (Å²) in [5.41, 5.74) is 2.32. The summed E-state index contributed by atoms with van der Waals surface area (Å²) in [6.45, 7) is 4.05. The SMILES string of the molecule is CCC1=NO[C@H](CN(C)CCc2ccccn2)C1. The van der Waals surface area contributed by atoms with Gasteiger partial charge >= 0.3 is 0 Å². The van der Waals surface area contributed by atoms with Crippen LogP contribution >= 0.6 is 0 Å². The first kappa shape index (κ1) is 13.0. The standard InChI is InChI=1S/C14H21N3O/c1-3-12-10-14(18-16-12)11-17(2)9-7-13-6-4-5-8-15-13/h4-6,8,14H,3,7,9-11H2,1-2H3/t14-/m0/s1. The molecule has 1 aliphatic rings. The van der Waals surface area contributed by atoms with E-state index in [4.69, 9.17) is 4.84 Å². The van der Waals surface area contributed by atoms with Crippen LogP contribution in [0.1, 0.15) is 25.5 Å². The molecule has 0 N–H and O–H groups in total. The Morgan fingerprint density at radius 3 is 3.00 bits per heavy atom. The molecule has 0 aromatic carbocycles. The largest absolute Gasteiger partial charge is 0.391 e. The maximum Gasteiger partial charge on any atom is 0.145 e. The first-order valence-corrected chi connectivity index (χ1v) is 6.58. The Hall–Kier alpha value is -1.42. The van der Waals surface area contributed by atoms with Crippen LogP contribution in [0.3, 0.4) is 0 Å². The minimum absolute atomic E-state index is 0.230. The Morgan fingerprint density at radius 1 is 1.44 bits per heavy atom. The van der Waals surface area contributed by atoms with E-state index in [1.165, 1.54) is 5.71 Å². The van der Waals surface area contributed by atoms with Crippen molar-refractivity contribution in [3.05, 3.63) is 30.1 Å². The average Bonchev–Trinajstić information content (AvgIpc) is 2.85. The maximum absolute atomic E-state index is 5.41. The van der Waals surface area contributed by atoms with Crippen molar-refractivity contribution < 1.29 is 4.84 Å². The van der Waals surface area contributed by atoms with Crippen LogP contribution in [-0.2, 0) is 11.3 Å². The van der Waals surface area contributed by atoms with Crippen molar-refractivity contribution in [1.82, 2.24) is 9.88 Å². The molecule has 0 unspecified atom stereocenters. The molecule has 0 aliphatic carbocycles. The van der Waals surface area contributed by atoms with Crippen molar-refractivity contribution in [2.24, 2.45) is 5.16 Å². The van der Waals surface area contributed by atoms with E-state index in [1.807, 2.05) is 18.3 Å². The zero-order chi connectivity index (χ0) is 12.8. The second kappa shape index (κ2) is 6.50. The summed E-state index contributed by atoms with van der Waals surface area (Å²) < 4.78 is 0. The van der Waals surface area contributed by atoms with Gasteiger partial charge in [0.25, 0.3) is 0 Å². The number of aromatic nitrogens is 1. The summed E-state index contributed by atoms with van der Waals surface area (Å²) >= 11 is 0. The average molecular weight is 247 g/mol. The molecule has 1 aromatic rings. The highest BCUT2D eigenvalue weighted by molar-refractivity contribution is 5.85. The van der Waals surface area contributed by atoms with Gasteiger partial charge in [0.2, 0.25) is 0 Å². The minimum Gasteiger partial charge on any atom is -0.391 e. The highest BCUT2D eigenvalue weighted by Crippen LogP contribution is 2.13. The molecule has 0 bridgehead atoms. The Kier molecular flexibility index (Phi) is 4.70. The summed E-state index contributed by atoms with van der Waals surface area (Å²) in [6.07, 6.45) is 5.02. The Balaban J connectivity index is 1.69. The fourth-order valence-corrected chi connectivity index (χ4v) is 2.08. The number of pyridine rings is 1. The van der Waals surface area contributed by atoms with Gasteiger partial charge in [0.15, 0.2) is 0 Å². The molecule has 98 valence electrons. The maximum atomic E-state index is 5.41. The quantitative estimate of drug-likeness (QED) is 0.772.